The van der Waals surface area contributed by atoms with Crippen LogP contribution in [0.4, 0.5) is 0 Å². The first-order valence-electron chi connectivity index (χ1n) is 6.47. The van der Waals surface area contributed by atoms with Gasteiger partial charge in [-0.25, -0.2) is 4.98 Å². The third-order valence-corrected chi connectivity index (χ3v) is 3.96. The van der Waals surface area contributed by atoms with Crippen LogP contribution in [0.2, 0.25) is 10.0 Å². The average molecular weight is 339 g/mol. The zero-order valence-electron chi connectivity index (χ0n) is 11.3. The molecule has 7 heteroatoms. The van der Waals surface area contributed by atoms with Crippen LogP contribution in [0.25, 0.3) is 11.0 Å². The number of para-hydroxylation sites is 1. The maximum atomic E-state index is 9.77. The van der Waals surface area contributed by atoms with Crippen LogP contribution in [0, 0.1) is 0 Å². The molecule has 0 saturated carbocycles. The highest BCUT2D eigenvalue weighted by Gasteiger charge is 2.16. The van der Waals surface area contributed by atoms with Crippen molar-refractivity contribution in [1.82, 2.24) is 9.97 Å². The quantitative estimate of drug-likeness (QED) is 0.678. The first kappa shape index (κ1) is 15.0. The van der Waals surface area contributed by atoms with Gasteiger partial charge in [0.2, 0.25) is 0 Å². The fourth-order valence-electron chi connectivity index (χ4n) is 2.11. The van der Waals surface area contributed by atoms with E-state index in [9.17, 15) is 10.2 Å². The number of nitrogens with one attached hydrogen (secondary N) is 1. The predicted octanol–water partition coefficient (Wildman–Crippen LogP) is 3.65. The lowest BCUT2D eigenvalue weighted by molar-refractivity contribution is 0.272. The Bertz CT molecular complexity index is 833. The Morgan fingerprint density at radius 2 is 2.00 bits per heavy atom. The van der Waals surface area contributed by atoms with E-state index < -0.39 is 0 Å². The molecule has 3 rings (SSSR count). The number of hydrogen-bond donors (Lipinski definition) is 3. The van der Waals surface area contributed by atoms with Crippen molar-refractivity contribution in [2.45, 2.75) is 13.2 Å². The van der Waals surface area contributed by atoms with Gasteiger partial charge >= 0.3 is 0 Å². The number of hydrogen-bond acceptors (Lipinski definition) is 4. The molecular formula is C15H12Cl2N2O3. The van der Waals surface area contributed by atoms with Gasteiger partial charge in [0.25, 0.3) is 0 Å². The SMILES string of the molecule is OCc1nc2c(OCc3ccccc3O)c(Cl)c(Cl)cc2[nH]1. The summed E-state index contributed by atoms with van der Waals surface area (Å²) >= 11 is 12.3. The van der Waals surface area contributed by atoms with Crippen LogP contribution in [0.1, 0.15) is 11.4 Å². The van der Waals surface area contributed by atoms with Gasteiger partial charge in [-0.3, -0.25) is 0 Å². The number of nitrogens with zero attached hydrogens (tertiary/aromatic N) is 1. The fourth-order valence-corrected chi connectivity index (χ4v) is 2.50. The molecule has 3 N–H and O–H groups in total. The second kappa shape index (κ2) is 6.04. The summed E-state index contributed by atoms with van der Waals surface area (Å²) in [7, 11) is 0. The lowest BCUT2D eigenvalue weighted by Crippen LogP contribution is -1.97. The summed E-state index contributed by atoms with van der Waals surface area (Å²) in [4.78, 5) is 7.16. The molecule has 0 saturated heterocycles. The van der Waals surface area contributed by atoms with Crippen molar-refractivity contribution in [3.8, 4) is 11.5 Å². The summed E-state index contributed by atoms with van der Waals surface area (Å²) in [6.07, 6.45) is 0. The number of halogens is 2. The van der Waals surface area contributed by atoms with E-state index in [-0.39, 0.29) is 24.0 Å². The van der Waals surface area contributed by atoms with Gasteiger partial charge in [0.15, 0.2) is 5.75 Å². The van der Waals surface area contributed by atoms with Crippen LogP contribution < -0.4 is 4.74 Å². The van der Waals surface area contributed by atoms with E-state index in [1.54, 1.807) is 30.3 Å². The third kappa shape index (κ3) is 2.70. The first-order chi connectivity index (χ1) is 10.6. The van der Waals surface area contributed by atoms with Crippen molar-refractivity contribution in [2.75, 3.05) is 0 Å². The van der Waals surface area contributed by atoms with Gasteiger partial charge in [0, 0.05) is 5.56 Å². The monoisotopic (exact) mass is 338 g/mol. The van der Waals surface area contributed by atoms with E-state index in [4.69, 9.17) is 27.9 Å². The van der Waals surface area contributed by atoms with E-state index in [2.05, 4.69) is 9.97 Å². The van der Waals surface area contributed by atoms with E-state index >= 15 is 0 Å². The third-order valence-electron chi connectivity index (χ3n) is 3.19. The Morgan fingerprint density at radius 1 is 1.23 bits per heavy atom. The maximum Gasteiger partial charge on any atom is 0.167 e. The van der Waals surface area contributed by atoms with Crippen LogP contribution in [-0.2, 0) is 13.2 Å². The predicted molar refractivity (Wildman–Crippen MR) is 84.5 cm³/mol. The Labute approximate surface area is 136 Å². The number of aromatic hydroxyl groups is 1. The smallest absolute Gasteiger partial charge is 0.167 e. The molecule has 0 aliphatic carbocycles. The molecule has 0 aliphatic rings. The van der Waals surface area contributed by atoms with Crippen LogP contribution in [0.15, 0.2) is 30.3 Å². The van der Waals surface area contributed by atoms with Crippen LogP contribution in [-0.4, -0.2) is 20.2 Å². The molecule has 5 nitrogen and oxygen atoms in total. The van der Waals surface area contributed by atoms with Gasteiger partial charge < -0.3 is 19.9 Å². The van der Waals surface area contributed by atoms with Gasteiger partial charge in [-0.2, -0.15) is 0 Å². The Hall–Kier alpha value is -1.95. The molecule has 3 aromatic rings. The minimum atomic E-state index is -0.233. The number of aliphatic hydroxyl groups excluding tert-OH is 1. The normalized spacial score (nSPS) is 11.0. The van der Waals surface area contributed by atoms with Crippen molar-refractivity contribution in [2.24, 2.45) is 0 Å². The van der Waals surface area contributed by atoms with Crippen LogP contribution in [0.5, 0.6) is 11.5 Å². The van der Waals surface area contributed by atoms with E-state index in [0.717, 1.165) is 0 Å². The number of aromatic amines is 1. The summed E-state index contributed by atoms with van der Waals surface area (Å²) in [6.45, 7) is -0.119. The second-order valence-electron chi connectivity index (χ2n) is 4.66. The van der Waals surface area contributed by atoms with Crippen molar-refractivity contribution >= 4 is 34.2 Å². The molecule has 0 unspecified atom stereocenters. The minimum Gasteiger partial charge on any atom is -0.508 e. The molecule has 0 bridgehead atoms. The van der Waals surface area contributed by atoms with Gasteiger partial charge in [-0.15, -0.1) is 0 Å². The molecule has 0 fully saturated rings. The van der Waals surface area contributed by atoms with Gasteiger partial charge in [-0.05, 0) is 12.1 Å². The molecule has 1 heterocycles. The summed E-state index contributed by atoms with van der Waals surface area (Å²) in [5, 5.41) is 19.5. The summed E-state index contributed by atoms with van der Waals surface area (Å²) < 4.78 is 5.72. The standard InChI is InChI=1S/C15H12Cl2N2O3/c16-9-5-10-14(19-12(6-20)18-10)15(13(9)17)22-7-8-3-1-2-4-11(8)21/h1-5,20-21H,6-7H2,(H,18,19). The zero-order chi connectivity index (χ0) is 15.7. The van der Waals surface area contributed by atoms with Crippen LogP contribution >= 0.6 is 23.2 Å². The van der Waals surface area contributed by atoms with Crippen molar-refractivity contribution < 1.29 is 14.9 Å². The number of phenolic OH excluding ortho intramolecular Hbond substituents is 1. The minimum absolute atomic E-state index is 0.114. The number of ether oxygens (including phenoxy) is 1. The van der Waals surface area contributed by atoms with Crippen molar-refractivity contribution in [1.29, 1.82) is 0 Å². The molecule has 0 spiro atoms. The Kier molecular flexibility index (Phi) is 4.11. The Balaban J connectivity index is 2.00. The lowest BCUT2D eigenvalue weighted by Gasteiger charge is -2.10. The number of aromatic nitrogens is 2. The van der Waals surface area contributed by atoms with E-state index in [1.807, 2.05) is 0 Å². The molecule has 0 amide bonds. The lowest BCUT2D eigenvalue weighted by atomic mass is 10.2. The number of imidazole rings is 1. The number of rotatable bonds is 4. The van der Waals surface area contributed by atoms with Gasteiger partial charge in [0.1, 0.15) is 35.3 Å². The van der Waals surface area contributed by atoms with Crippen LogP contribution in [0.3, 0.4) is 0 Å². The molecule has 114 valence electrons. The molecule has 1 aromatic heterocycles. The number of phenols is 1. The average Bonchev–Trinajstić information content (AvgIpc) is 2.92. The van der Waals surface area contributed by atoms with E-state index in [1.165, 1.54) is 0 Å². The van der Waals surface area contributed by atoms with Gasteiger partial charge in [0.05, 0.1) is 10.5 Å². The number of fused-ring (bicyclic) bond motifs is 1. The Morgan fingerprint density at radius 3 is 2.73 bits per heavy atom. The highest BCUT2D eigenvalue weighted by molar-refractivity contribution is 6.44. The molecular weight excluding hydrogens is 327 g/mol. The van der Waals surface area contributed by atoms with Crippen molar-refractivity contribution in [3.05, 3.63) is 51.8 Å². The summed E-state index contributed by atoms with van der Waals surface area (Å²) in [5.74, 6) is 0.832. The molecule has 0 radical (unpaired) electrons. The highest BCUT2D eigenvalue weighted by Crippen LogP contribution is 2.39. The number of H-pyrrole nitrogens is 1. The maximum absolute atomic E-state index is 9.77. The number of benzene rings is 2. The molecule has 0 aliphatic heterocycles. The van der Waals surface area contributed by atoms with Gasteiger partial charge in [-0.1, -0.05) is 41.4 Å². The molecule has 22 heavy (non-hydrogen) atoms. The molecule has 0 atom stereocenters. The molecule has 2 aromatic carbocycles. The largest absolute Gasteiger partial charge is 0.508 e. The first-order valence-corrected chi connectivity index (χ1v) is 7.23. The van der Waals surface area contributed by atoms with Crippen molar-refractivity contribution in [3.63, 3.8) is 0 Å². The highest BCUT2D eigenvalue weighted by atomic mass is 35.5. The fraction of sp³-hybridized carbons (Fsp3) is 0.133. The summed E-state index contributed by atoms with van der Waals surface area (Å²) in [6, 6.07) is 8.47. The summed E-state index contributed by atoms with van der Waals surface area (Å²) in [5.41, 5.74) is 1.71. The topological polar surface area (TPSA) is 78.4 Å². The second-order valence-corrected chi connectivity index (χ2v) is 5.44. The number of aliphatic hydroxyl groups is 1. The zero-order valence-corrected chi connectivity index (χ0v) is 12.8. The van der Waals surface area contributed by atoms with E-state index in [0.29, 0.717) is 33.2 Å².